The average Bonchev–Trinajstić information content (AvgIpc) is 3.04. The molecule has 0 unspecified atom stereocenters. The van der Waals surface area contributed by atoms with Crippen molar-refractivity contribution in [2.45, 2.75) is 19.7 Å². The molecule has 0 spiro atoms. The van der Waals surface area contributed by atoms with Gasteiger partial charge in [0.1, 0.15) is 18.1 Å². The lowest BCUT2D eigenvalue weighted by Gasteiger charge is -2.09. The molecule has 0 atom stereocenters. The van der Waals surface area contributed by atoms with Crippen LogP contribution < -0.4 is 10.5 Å². The van der Waals surface area contributed by atoms with Gasteiger partial charge in [0, 0.05) is 0 Å². The molecule has 2 aromatic heterocycles. The Morgan fingerprint density at radius 1 is 1.27 bits per heavy atom. The summed E-state index contributed by atoms with van der Waals surface area (Å²) in [5, 5.41) is 7.51. The third-order valence-corrected chi connectivity index (χ3v) is 3.41. The maximum atomic E-state index is 13.3. The van der Waals surface area contributed by atoms with Crippen LogP contribution in [0, 0.1) is 12.7 Å². The summed E-state index contributed by atoms with van der Waals surface area (Å²) in [5.74, 6) is -1.36. The Morgan fingerprint density at radius 2 is 2.04 bits per heavy atom. The molecule has 26 heavy (non-hydrogen) atoms. The van der Waals surface area contributed by atoms with Gasteiger partial charge in [-0.1, -0.05) is 5.21 Å². The van der Waals surface area contributed by atoms with Crippen molar-refractivity contribution >= 4 is 5.69 Å². The first-order chi connectivity index (χ1) is 12.2. The molecular weight excluding hydrogens is 356 g/mol. The normalized spacial score (nSPS) is 11.6. The van der Waals surface area contributed by atoms with Crippen LogP contribution in [0.25, 0.3) is 5.69 Å². The zero-order valence-corrected chi connectivity index (χ0v) is 13.3. The number of anilines is 1. The molecule has 2 N–H and O–H groups in total. The molecule has 1 aromatic carbocycles. The summed E-state index contributed by atoms with van der Waals surface area (Å²) in [4.78, 5) is 7.91. The third kappa shape index (κ3) is 3.71. The van der Waals surface area contributed by atoms with Gasteiger partial charge in [-0.3, -0.25) is 0 Å². The summed E-state index contributed by atoms with van der Waals surface area (Å²) in [6.07, 6.45) is -2.06. The van der Waals surface area contributed by atoms with Gasteiger partial charge >= 0.3 is 12.2 Å². The van der Waals surface area contributed by atoms with Gasteiger partial charge in [0.2, 0.25) is 0 Å². The molecule has 0 saturated carbocycles. The van der Waals surface area contributed by atoms with E-state index in [2.05, 4.69) is 20.3 Å². The number of hydrogen-bond donors (Lipinski definition) is 1. The second kappa shape index (κ2) is 6.58. The van der Waals surface area contributed by atoms with Crippen LogP contribution in [0.2, 0.25) is 0 Å². The number of nitrogens with zero attached hydrogens (tertiary/aromatic N) is 5. The Labute approximate surface area is 144 Å². The summed E-state index contributed by atoms with van der Waals surface area (Å²) in [6.45, 7) is 1.63. The summed E-state index contributed by atoms with van der Waals surface area (Å²) < 4.78 is 58.1. The number of hydrogen-bond acceptors (Lipinski definition) is 6. The topological polar surface area (TPSA) is 91.7 Å². The molecule has 0 aliphatic carbocycles. The number of rotatable bonds is 4. The Kier molecular flexibility index (Phi) is 4.45. The molecule has 0 saturated heterocycles. The summed E-state index contributed by atoms with van der Waals surface area (Å²) in [6, 6.07) is 2.62. The van der Waals surface area contributed by atoms with Gasteiger partial charge < -0.3 is 10.5 Å². The number of aromatic nitrogens is 5. The molecule has 0 bridgehead atoms. The first-order valence-corrected chi connectivity index (χ1v) is 7.24. The fraction of sp³-hybridized carbons (Fsp3) is 0.200. The molecule has 7 nitrogen and oxygen atoms in total. The molecule has 3 aromatic rings. The van der Waals surface area contributed by atoms with Crippen molar-refractivity contribution in [1.82, 2.24) is 25.0 Å². The molecule has 11 heteroatoms. The second-order valence-electron chi connectivity index (χ2n) is 5.30. The van der Waals surface area contributed by atoms with Crippen molar-refractivity contribution in [3.8, 4) is 11.7 Å². The van der Waals surface area contributed by atoms with Gasteiger partial charge in [-0.2, -0.15) is 18.2 Å². The summed E-state index contributed by atoms with van der Waals surface area (Å²) in [7, 11) is 0. The lowest BCUT2D eigenvalue weighted by molar-refractivity contribution is -0.140. The van der Waals surface area contributed by atoms with E-state index in [1.54, 1.807) is 6.92 Å². The van der Waals surface area contributed by atoms with Crippen LogP contribution in [0.5, 0.6) is 6.01 Å². The zero-order chi connectivity index (χ0) is 18.9. The van der Waals surface area contributed by atoms with E-state index in [9.17, 15) is 17.6 Å². The molecule has 0 aliphatic rings. The van der Waals surface area contributed by atoms with Gasteiger partial charge in [0.15, 0.2) is 0 Å². The molecular formula is C15H12F4N6O. The van der Waals surface area contributed by atoms with Gasteiger partial charge in [-0.25, -0.2) is 14.1 Å². The minimum atomic E-state index is -4.81. The van der Waals surface area contributed by atoms with Crippen molar-refractivity contribution in [1.29, 1.82) is 0 Å². The first-order valence-electron chi connectivity index (χ1n) is 7.24. The Balaban J connectivity index is 1.76. The van der Waals surface area contributed by atoms with Crippen molar-refractivity contribution in [3.05, 3.63) is 53.4 Å². The maximum Gasteiger partial charge on any atom is 0.419 e. The lowest BCUT2D eigenvalue weighted by atomic mass is 10.2. The largest absolute Gasteiger partial charge is 0.457 e. The van der Waals surface area contributed by atoms with E-state index in [4.69, 9.17) is 10.5 Å². The molecule has 2 heterocycles. The second-order valence-corrected chi connectivity index (χ2v) is 5.30. The highest BCUT2D eigenvalue weighted by molar-refractivity contribution is 5.39. The standard InChI is InChI=1S/C15H12F4N6O/c1-8-13(20)5-21-14(22-8)26-7-9-6-25(24-23-9)10-2-3-12(16)11(4-10)15(17,18)19/h2-6H,7,20H2,1H3. The number of ether oxygens (including phenoxy) is 1. The number of alkyl halides is 3. The molecule has 0 amide bonds. The number of nitrogen functional groups attached to an aromatic ring is 1. The highest BCUT2D eigenvalue weighted by Gasteiger charge is 2.34. The highest BCUT2D eigenvalue weighted by atomic mass is 19.4. The monoisotopic (exact) mass is 368 g/mol. The Bertz CT molecular complexity index is 940. The van der Waals surface area contributed by atoms with Crippen molar-refractivity contribution in [3.63, 3.8) is 0 Å². The SMILES string of the molecule is Cc1nc(OCc2cn(-c3ccc(F)c(C(F)(F)F)c3)nn2)ncc1N. The minimum Gasteiger partial charge on any atom is -0.457 e. The van der Waals surface area contributed by atoms with Crippen LogP contribution in [0.15, 0.2) is 30.6 Å². The van der Waals surface area contributed by atoms with E-state index >= 15 is 0 Å². The van der Waals surface area contributed by atoms with Crippen LogP contribution in [0.1, 0.15) is 17.0 Å². The molecule has 136 valence electrons. The number of nitrogens with two attached hydrogens (primary N) is 1. The van der Waals surface area contributed by atoms with E-state index in [-0.39, 0.29) is 18.3 Å². The summed E-state index contributed by atoms with van der Waals surface area (Å²) >= 11 is 0. The van der Waals surface area contributed by atoms with E-state index in [1.165, 1.54) is 12.4 Å². The molecule has 3 rings (SSSR count). The van der Waals surface area contributed by atoms with E-state index in [1.807, 2.05) is 0 Å². The zero-order valence-electron chi connectivity index (χ0n) is 13.3. The fourth-order valence-electron chi connectivity index (χ4n) is 2.03. The van der Waals surface area contributed by atoms with Crippen LogP contribution in [0.4, 0.5) is 23.2 Å². The Hall–Kier alpha value is -3.24. The molecule has 0 fully saturated rings. The number of halogens is 4. The highest BCUT2D eigenvalue weighted by Crippen LogP contribution is 2.32. The number of benzene rings is 1. The van der Waals surface area contributed by atoms with Crippen LogP contribution in [0.3, 0.4) is 0 Å². The van der Waals surface area contributed by atoms with Crippen LogP contribution in [-0.2, 0) is 12.8 Å². The van der Waals surface area contributed by atoms with Gasteiger partial charge in [-0.15, -0.1) is 5.10 Å². The molecule has 0 radical (unpaired) electrons. The Morgan fingerprint density at radius 3 is 2.73 bits per heavy atom. The first kappa shape index (κ1) is 17.6. The van der Waals surface area contributed by atoms with Gasteiger partial charge in [-0.05, 0) is 25.1 Å². The average molecular weight is 368 g/mol. The molecule has 0 aliphatic heterocycles. The van der Waals surface area contributed by atoms with E-state index in [0.717, 1.165) is 16.8 Å². The van der Waals surface area contributed by atoms with Crippen LogP contribution in [-0.4, -0.2) is 25.0 Å². The van der Waals surface area contributed by atoms with Crippen molar-refractivity contribution < 1.29 is 22.3 Å². The fourth-order valence-corrected chi connectivity index (χ4v) is 2.03. The predicted molar refractivity (Wildman–Crippen MR) is 81.8 cm³/mol. The summed E-state index contributed by atoms with van der Waals surface area (Å²) in [5.41, 5.74) is 5.52. The lowest BCUT2D eigenvalue weighted by Crippen LogP contribution is -2.09. The van der Waals surface area contributed by atoms with E-state index in [0.29, 0.717) is 23.1 Å². The number of aryl methyl sites for hydroxylation is 1. The predicted octanol–water partition coefficient (Wildman–Crippen LogP) is 2.68. The third-order valence-electron chi connectivity index (χ3n) is 3.41. The quantitative estimate of drug-likeness (QED) is 0.712. The van der Waals surface area contributed by atoms with Gasteiger partial charge in [0.25, 0.3) is 0 Å². The van der Waals surface area contributed by atoms with E-state index < -0.39 is 17.6 Å². The minimum absolute atomic E-state index is 0.0112. The van der Waals surface area contributed by atoms with Crippen molar-refractivity contribution in [2.24, 2.45) is 0 Å². The maximum absolute atomic E-state index is 13.3. The smallest absolute Gasteiger partial charge is 0.419 e. The van der Waals surface area contributed by atoms with Crippen LogP contribution >= 0.6 is 0 Å². The van der Waals surface area contributed by atoms with Gasteiger partial charge in [0.05, 0.1) is 35.0 Å². The van der Waals surface area contributed by atoms with Crippen molar-refractivity contribution in [2.75, 3.05) is 5.73 Å².